The Balaban J connectivity index is 0.00000144. The zero-order valence-corrected chi connectivity index (χ0v) is 11.5. The maximum absolute atomic E-state index is 14.6. The molecule has 1 aliphatic heterocycles. The van der Waals surface area contributed by atoms with Gasteiger partial charge in [0.05, 0.1) is 0 Å². The summed E-state index contributed by atoms with van der Waals surface area (Å²) >= 11 is 0. The summed E-state index contributed by atoms with van der Waals surface area (Å²) in [6.45, 7) is 6.15. The highest BCUT2D eigenvalue weighted by molar-refractivity contribution is 5.85. The largest absolute Gasteiger partial charge is 0.459 e. The van der Waals surface area contributed by atoms with Gasteiger partial charge in [0, 0.05) is 13.1 Å². The van der Waals surface area contributed by atoms with E-state index in [1.54, 1.807) is 0 Å². The van der Waals surface area contributed by atoms with E-state index in [9.17, 15) is 9.18 Å². The number of hydrogen-bond acceptors (Lipinski definition) is 3. The van der Waals surface area contributed by atoms with Crippen LogP contribution in [0.2, 0.25) is 0 Å². The lowest BCUT2D eigenvalue weighted by Crippen LogP contribution is -2.48. The van der Waals surface area contributed by atoms with Crippen LogP contribution in [0.1, 0.15) is 40.0 Å². The summed E-state index contributed by atoms with van der Waals surface area (Å²) in [7, 11) is 0. The van der Waals surface area contributed by atoms with E-state index in [1.165, 1.54) is 0 Å². The SMILES string of the molecule is CC(C)(C)OC(=O)[C@]12CCC[C@@]1(F)CNC2.Cl. The number of fused-ring (bicyclic) bond motifs is 1. The molecule has 0 radical (unpaired) electrons. The molecule has 0 aromatic heterocycles. The van der Waals surface area contributed by atoms with Gasteiger partial charge in [-0.3, -0.25) is 4.79 Å². The number of ether oxygens (including phenoxy) is 1. The molecule has 0 aromatic carbocycles. The lowest BCUT2D eigenvalue weighted by Gasteiger charge is -2.33. The van der Waals surface area contributed by atoms with Gasteiger partial charge in [0.2, 0.25) is 0 Å². The fourth-order valence-electron chi connectivity index (χ4n) is 2.84. The van der Waals surface area contributed by atoms with E-state index >= 15 is 0 Å². The molecule has 1 aliphatic carbocycles. The average molecular weight is 266 g/mol. The van der Waals surface area contributed by atoms with Crippen molar-refractivity contribution in [3.05, 3.63) is 0 Å². The van der Waals surface area contributed by atoms with Crippen molar-refractivity contribution in [1.29, 1.82) is 0 Å². The van der Waals surface area contributed by atoms with Crippen LogP contribution < -0.4 is 5.32 Å². The van der Waals surface area contributed by atoms with Crippen molar-refractivity contribution >= 4 is 18.4 Å². The Bertz CT molecular complexity index is 304. The first kappa shape index (κ1) is 14.7. The Labute approximate surface area is 108 Å². The molecule has 1 N–H and O–H groups in total. The van der Waals surface area contributed by atoms with Crippen LogP contribution in [-0.4, -0.2) is 30.3 Å². The van der Waals surface area contributed by atoms with Crippen LogP contribution in [0.4, 0.5) is 4.39 Å². The van der Waals surface area contributed by atoms with Gasteiger partial charge in [-0.25, -0.2) is 4.39 Å². The Morgan fingerprint density at radius 1 is 1.29 bits per heavy atom. The number of esters is 1. The molecule has 1 heterocycles. The topological polar surface area (TPSA) is 38.3 Å². The van der Waals surface area contributed by atoms with E-state index in [1.807, 2.05) is 20.8 Å². The first-order chi connectivity index (χ1) is 7.29. The first-order valence-electron chi connectivity index (χ1n) is 5.92. The third-order valence-electron chi connectivity index (χ3n) is 3.66. The second-order valence-corrected chi connectivity index (χ2v) is 6.01. The normalized spacial score (nSPS) is 36.2. The van der Waals surface area contributed by atoms with Gasteiger partial charge in [0.15, 0.2) is 0 Å². The van der Waals surface area contributed by atoms with Crippen molar-refractivity contribution in [3.8, 4) is 0 Å². The number of carbonyl (C=O) groups excluding carboxylic acids is 1. The van der Waals surface area contributed by atoms with Crippen LogP contribution in [0.25, 0.3) is 0 Å². The Kier molecular flexibility index (Phi) is 3.80. The van der Waals surface area contributed by atoms with Gasteiger partial charge in [-0.1, -0.05) is 0 Å². The fourth-order valence-corrected chi connectivity index (χ4v) is 2.84. The quantitative estimate of drug-likeness (QED) is 0.739. The van der Waals surface area contributed by atoms with Crippen LogP contribution in [0, 0.1) is 5.41 Å². The predicted molar refractivity (Wildman–Crippen MR) is 66.1 cm³/mol. The van der Waals surface area contributed by atoms with E-state index in [2.05, 4.69) is 5.32 Å². The molecular formula is C12H21ClFNO2. The van der Waals surface area contributed by atoms with Gasteiger partial charge in [-0.15, -0.1) is 12.4 Å². The summed E-state index contributed by atoms with van der Waals surface area (Å²) < 4.78 is 20.0. The molecule has 0 amide bonds. The van der Waals surface area contributed by atoms with Crippen molar-refractivity contribution in [2.45, 2.75) is 51.3 Å². The van der Waals surface area contributed by atoms with Gasteiger partial charge in [0.1, 0.15) is 16.7 Å². The van der Waals surface area contributed by atoms with Crippen LogP contribution >= 0.6 is 12.4 Å². The summed E-state index contributed by atoms with van der Waals surface area (Å²) in [5, 5.41) is 3.00. The van der Waals surface area contributed by atoms with E-state index in [0.29, 0.717) is 19.4 Å². The maximum atomic E-state index is 14.6. The van der Waals surface area contributed by atoms with Gasteiger partial charge < -0.3 is 10.1 Å². The molecule has 17 heavy (non-hydrogen) atoms. The molecule has 0 aromatic rings. The number of rotatable bonds is 1. The summed E-state index contributed by atoms with van der Waals surface area (Å²) in [5.41, 5.74) is -2.87. The molecule has 5 heteroatoms. The third kappa shape index (κ3) is 2.29. The van der Waals surface area contributed by atoms with Crippen LogP contribution in [0.15, 0.2) is 0 Å². The number of hydrogen-bond donors (Lipinski definition) is 1. The van der Waals surface area contributed by atoms with E-state index in [4.69, 9.17) is 4.74 Å². The fraction of sp³-hybridized carbons (Fsp3) is 0.917. The minimum Gasteiger partial charge on any atom is -0.459 e. The summed E-state index contributed by atoms with van der Waals surface area (Å²) in [4.78, 5) is 12.2. The van der Waals surface area contributed by atoms with Crippen molar-refractivity contribution in [2.75, 3.05) is 13.1 Å². The monoisotopic (exact) mass is 265 g/mol. The summed E-state index contributed by atoms with van der Waals surface area (Å²) in [5.74, 6) is -0.370. The van der Waals surface area contributed by atoms with Crippen LogP contribution in [0.3, 0.4) is 0 Å². The molecule has 0 spiro atoms. The molecule has 3 nitrogen and oxygen atoms in total. The lowest BCUT2D eigenvalue weighted by atomic mass is 9.78. The number of carbonyl (C=O) groups is 1. The molecule has 0 bridgehead atoms. The van der Waals surface area contributed by atoms with Crippen molar-refractivity contribution in [2.24, 2.45) is 5.41 Å². The number of alkyl halides is 1. The van der Waals surface area contributed by atoms with Crippen LogP contribution in [0.5, 0.6) is 0 Å². The third-order valence-corrected chi connectivity index (χ3v) is 3.66. The molecule has 1 saturated heterocycles. The summed E-state index contributed by atoms with van der Waals surface area (Å²) in [6, 6.07) is 0. The predicted octanol–water partition coefficient (Wildman–Crippen LogP) is 2.23. The lowest BCUT2D eigenvalue weighted by molar-refractivity contribution is -0.172. The maximum Gasteiger partial charge on any atom is 0.317 e. The van der Waals surface area contributed by atoms with E-state index < -0.39 is 16.7 Å². The van der Waals surface area contributed by atoms with E-state index in [0.717, 1.165) is 6.42 Å². The Morgan fingerprint density at radius 3 is 2.53 bits per heavy atom. The van der Waals surface area contributed by atoms with E-state index in [-0.39, 0.29) is 24.9 Å². The highest BCUT2D eigenvalue weighted by Gasteiger charge is 2.64. The highest BCUT2D eigenvalue weighted by atomic mass is 35.5. The van der Waals surface area contributed by atoms with Crippen molar-refractivity contribution in [1.82, 2.24) is 5.32 Å². The van der Waals surface area contributed by atoms with Gasteiger partial charge in [-0.05, 0) is 40.0 Å². The smallest absolute Gasteiger partial charge is 0.317 e. The molecule has 1 saturated carbocycles. The van der Waals surface area contributed by atoms with Gasteiger partial charge in [0.25, 0.3) is 0 Å². The second-order valence-electron chi connectivity index (χ2n) is 6.01. The Morgan fingerprint density at radius 2 is 1.94 bits per heavy atom. The highest BCUT2D eigenvalue weighted by Crippen LogP contribution is 2.52. The minimum atomic E-state index is -1.39. The van der Waals surface area contributed by atoms with Crippen molar-refractivity contribution in [3.63, 3.8) is 0 Å². The standard InChI is InChI=1S/C12H20FNO2.ClH/c1-10(2,3)16-9(15)11-5-4-6-12(11,13)8-14-7-11;/h14H,4-8H2,1-3H3;1H/t11-,12-;/m1./s1. The molecule has 2 aliphatic rings. The molecular weight excluding hydrogens is 245 g/mol. The van der Waals surface area contributed by atoms with Gasteiger partial charge in [-0.2, -0.15) is 0 Å². The number of nitrogens with one attached hydrogen (secondary N) is 1. The second kappa shape index (κ2) is 4.39. The first-order valence-corrected chi connectivity index (χ1v) is 5.92. The van der Waals surface area contributed by atoms with Crippen LogP contribution in [-0.2, 0) is 9.53 Å². The minimum absolute atomic E-state index is 0. The molecule has 0 unspecified atom stereocenters. The average Bonchev–Trinajstić information content (AvgIpc) is 2.54. The zero-order chi connectivity index (χ0) is 12.0. The molecule has 100 valence electrons. The van der Waals surface area contributed by atoms with Gasteiger partial charge >= 0.3 is 5.97 Å². The summed E-state index contributed by atoms with van der Waals surface area (Å²) in [6.07, 6.45) is 1.85. The Hall–Kier alpha value is -0.350. The molecule has 2 fully saturated rings. The number of halogens is 2. The molecule has 2 rings (SSSR count). The van der Waals surface area contributed by atoms with Crippen molar-refractivity contribution < 1.29 is 13.9 Å². The molecule has 2 atom stereocenters. The zero-order valence-electron chi connectivity index (χ0n) is 10.6.